The fourth-order valence-corrected chi connectivity index (χ4v) is 2.25. The molecule has 0 saturated carbocycles. The van der Waals surface area contributed by atoms with Crippen molar-refractivity contribution in [3.8, 4) is 0 Å². The molecule has 0 saturated heterocycles. The van der Waals surface area contributed by atoms with Gasteiger partial charge in [0.05, 0.1) is 5.56 Å². The molecular formula is C16H14BrFN2O2. The lowest BCUT2D eigenvalue weighted by Gasteiger charge is -2.08. The van der Waals surface area contributed by atoms with Crippen molar-refractivity contribution in [1.29, 1.82) is 0 Å². The molecule has 4 nitrogen and oxygen atoms in total. The molecule has 0 fully saturated rings. The van der Waals surface area contributed by atoms with Crippen LogP contribution in [0.1, 0.15) is 26.3 Å². The van der Waals surface area contributed by atoms with Gasteiger partial charge in [-0.25, -0.2) is 4.39 Å². The largest absolute Gasteiger partial charge is 0.355 e. The first-order valence-electron chi connectivity index (χ1n) is 6.55. The van der Waals surface area contributed by atoms with Gasteiger partial charge in [0.15, 0.2) is 0 Å². The maximum absolute atomic E-state index is 13.7. The molecular weight excluding hydrogens is 351 g/mol. The minimum atomic E-state index is -0.592. The van der Waals surface area contributed by atoms with Crippen LogP contribution in [0.5, 0.6) is 0 Å². The van der Waals surface area contributed by atoms with Crippen molar-refractivity contribution in [1.82, 2.24) is 10.6 Å². The Kier molecular flexibility index (Phi) is 5.27. The van der Waals surface area contributed by atoms with Gasteiger partial charge in [-0.15, -0.1) is 0 Å². The standard InChI is InChI=1S/C16H14BrFN2O2/c1-19-15(21)11-4-2-3-10(7-11)9-20-16(22)13-6-5-12(17)8-14(13)18/h2-8H,9H2,1H3,(H,19,21)(H,20,22). The minimum absolute atomic E-state index is 0.0225. The fourth-order valence-electron chi connectivity index (χ4n) is 1.92. The van der Waals surface area contributed by atoms with Crippen LogP contribution in [0.2, 0.25) is 0 Å². The van der Waals surface area contributed by atoms with Crippen LogP contribution in [-0.2, 0) is 6.54 Å². The molecule has 0 aliphatic heterocycles. The van der Waals surface area contributed by atoms with E-state index in [4.69, 9.17) is 0 Å². The van der Waals surface area contributed by atoms with Crippen molar-refractivity contribution in [3.63, 3.8) is 0 Å². The number of benzene rings is 2. The molecule has 0 unspecified atom stereocenters. The van der Waals surface area contributed by atoms with Crippen molar-refractivity contribution in [2.75, 3.05) is 7.05 Å². The van der Waals surface area contributed by atoms with E-state index in [1.165, 1.54) is 12.1 Å². The predicted octanol–water partition coefficient (Wildman–Crippen LogP) is 2.88. The molecule has 0 bridgehead atoms. The van der Waals surface area contributed by atoms with Crippen molar-refractivity contribution in [3.05, 3.63) is 69.4 Å². The topological polar surface area (TPSA) is 58.2 Å². The fraction of sp³-hybridized carbons (Fsp3) is 0.125. The molecule has 0 heterocycles. The summed E-state index contributed by atoms with van der Waals surface area (Å²) in [5.41, 5.74) is 1.24. The van der Waals surface area contributed by atoms with Crippen LogP contribution in [0.15, 0.2) is 46.9 Å². The summed E-state index contributed by atoms with van der Waals surface area (Å²) in [7, 11) is 1.55. The van der Waals surface area contributed by atoms with Crippen molar-refractivity contribution < 1.29 is 14.0 Å². The molecule has 2 N–H and O–H groups in total. The highest BCUT2D eigenvalue weighted by molar-refractivity contribution is 9.10. The number of halogens is 2. The minimum Gasteiger partial charge on any atom is -0.355 e. The van der Waals surface area contributed by atoms with E-state index in [1.54, 1.807) is 37.4 Å². The van der Waals surface area contributed by atoms with Gasteiger partial charge in [0.2, 0.25) is 0 Å². The zero-order valence-electron chi connectivity index (χ0n) is 11.8. The van der Waals surface area contributed by atoms with E-state index in [1.807, 2.05) is 0 Å². The third-order valence-electron chi connectivity index (χ3n) is 3.05. The summed E-state index contributed by atoms with van der Waals surface area (Å²) in [6.07, 6.45) is 0. The Hall–Kier alpha value is -2.21. The first-order chi connectivity index (χ1) is 10.5. The highest BCUT2D eigenvalue weighted by Crippen LogP contribution is 2.15. The van der Waals surface area contributed by atoms with Crippen LogP contribution in [-0.4, -0.2) is 18.9 Å². The Morgan fingerprint density at radius 1 is 1.14 bits per heavy atom. The van der Waals surface area contributed by atoms with Crippen LogP contribution < -0.4 is 10.6 Å². The molecule has 0 aliphatic rings. The van der Waals surface area contributed by atoms with Gasteiger partial charge in [-0.1, -0.05) is 28.1 Å². The first-order valence-corrected chi connectivity index (χ1v) is 7.35. The Morgan fingerprint density at radius 3 is 2.59 bits per heavy atom. The smallest absolute Gasteiger partial charge is 0.254 e. The average Bonchev–Trinajstić information content (AvgIpc) is 2.52. The molecule has 2 aromatic rings. The second-order valence-electron chi connectivity index (χ2n) is 4.59. The Labute approximate surface area is 135 Å². The van der Waals surface area contributed by atoms with E-state index < -0.39 is 11.7 Å². The van der Waals surface area contributed by atoms with Gasteiger partial charge in [-0.05, 0) is 35.9 Å². The van der Waals surface area contributed by atoms with Crippen molar-refractivity contribution in [2.45, 2.75) is 6.54 Å². The van der Waals surface area contributed by atoms with Gasteiger partial charge >= 0.3 is 0 Å². The van der Waals surface area contributed by atoms with Crippen LogP contribution in [0.4, 0.5) is 4.39 Å². The van der Waals surface area contributed by atoms with E-state index in [0.717, 1.165) is 5.56 Å². The van der Waals surface area contributed by atoms with E-state index in [0.29, 0.717) is 10.0 Å². The second kappa shape index (κ2) is 7.17. The lowest BCUT2D eigenvalue weighted by Crippen LogP contribution is -2.24. The van der Waals surface area contributed by atoms with Gasteiger partial charge in [-0.2, -0.15) is 0 Å². The number of hydrogen-bond donors (Lipinski definition) is 2. The third kappa shape index (κ3) is 3.92. The SMILES string of the molecule is CNC(=O)c1cccc(CNC(=O)c2ccc(Br)cc2F)c1. The molecule has 0 atom stereocenters. The Bertz CT molecular complexity index is 719. The molecule has 0 aliphatic carbocycles. The molecule has 22 heavy (non-hydrogen) atoms. The molecule has 114 valence electrons. The maximum Gasteiger partial charge on any atom is 0.254 e. The third-order valence-corrected chi connectivity index (χ3v) is 3.54. The number of carbonyl (C=O) groups is 2. The molecule has 6 heteroatoms. The number of hydrogen-bond acceptors (Lipinski definition) is 2. The number of amides is 2. The van der Waals surface area contributed by atoms with Gasteiger partial charge in [0.1, 0.15) is 5.82 Å². The molecule has 2 aromatic carbocycles. The Morgan fingerprint density at radius 2 is 1.91 bits per heavy atom. The highest BCUT2D eigenvalue weighted by atomic mass is 79.9. The van der Waals surface area contributed by atoms with Crippen LogP contribution in [0, 0.1) is 5.82 Å². The van der Waals surface area contributed by atoms with E-state index in [2.05, 4.69) is 26.6 Å². The molecule has 2 rings (SSSR count). The van der Waals surface area contributed by atoms with Gasteiger partial charge in [0.25, 0.3) is 11.8 Å². The summed E-state index contributed by atoms with van der Waals surface area (Å²) in [5, 5.41) is 5.17. The summed E-state index contributed by atoms with van der Waals surface area (Å²) in [6, 6.07) is 11.1. The lowest BCUT2D eigenvalue weighted by molar-refractivity contribution is 0.0945. The van der Waals surface area contributed by atoms with Gasteiger partial charge < -0.3 is 10.6 Å². The molecule has 0 radical (unpaired) electrons. The normalized spacial score (nSPS) is 10.1. The molecule has 0 spiro atoms. The quantitative estimate of drug-likeness (QED) is 0.876. The van der Waals surface area contributed by atoms with Crippen LogP contribution in [0.25, 0.3) is 0 Å². The van der Waals surface area contributed by atoms with E-state index in [-0.39, 0.29) is 18.0 Å². The van der Waals surface area contributed by atoms with Crippen LogP contribution >= 0.6 is 15.9 Å². The van der Waals surface area contributed by atoms with Crippen molar-refractivity contribution >= 4 is 27.7 Å². The van der Waals surface area contributed by atoms with Crippen LogP contribution in [0.3, 0.4) is 0 Å². The summed E-state index contributed by atoms with van der Waals surface area (Å²) >= 11 is 3.14. The Balaban J connectivity index is 2.06. The maximum atomic E-state index is 13.7. The average molecular weight is 365 g/mol. The van der Waals surface area contributed by atoms with E-state index >= 15 is 0 Å². The first kappa shape index (κ1) is 16.2. The van der Waals surface area contributed by atoms with Gasteiger partial charge in [0, 0.05) is 23.6 Å². The monoisotopic (exact) mass is 364 g/mol. The zero-order valence-corrected chi connectivity index (χ0v) is 13.4. The summed E-state index contributed by atoms with van der Waals surface area (Å²) in [5.74, 6) is -1.30. The summed E-state index contributed by atoms with van der Waals surface area (Å²) in [4.78, 5) is 23.5. The van der Waals surface area contributed by atoms with E-state index in [9.17, 15) is 14.0 Å². The number of rotatable bonds is 4. The highest BCUT2D eigenvalue weighted by Gasteiger charge is 2.12. The lowest BCUT2D eigenvalue weighted by atomic mass is 10.1. The summed E-state index contributed by atoms with van der Waals surface area (Å²) < 4.78 is 14.3. The van der Waals surface area contributed by atoms with Crippen molar-refractivity contribution in [2.24, 2.45) is 0 Å². The second-order valence-corrected chi connectivity index (χ2v) is 5.50. The number of nitrogens with one attached hydrogen (secondary N) is 2. The molecule has 0 aromatic heterocycles. The summed E-state index contributed by atoms with van der Waals surface area (Å²) in [6.45, 7) is 0.208. The zero-order chi connectivity index (χ0) is 16.1. The predicted molar refractivity (Wildman–Crippen MR) is 85.1 cm³/mol. The van der Waals surface area contributed by atoms with Gasteiger partial charge in [-0.3, -0.25) is 9.59 Å². The number of carbonyl (C=O) groups excluding carboxylic acids is 2. The molecule has 2 amide bonds.